The Morgan fingerprint density at radius 3 is 2.53 bits per heavy atom. The number of nitrogens with one attached hydrogen (secondary N) is 2. The van der Waals surface area contributed by atoms with E-state index in [1.165, 1.54) is 16.6 Å². The van der Waals surface area contributed by atoms with E-state index < -0.39 is 10.0 Å². The molecule has 10 heteroatoms. The lowest BCUT2D eigenvalue weighted by Gasteiger charge is -2.24. The predicted octanol–water partition coefficient (Wildman–Crippen LogP) is 1.81. The average Bonchev–Trinajstić information content (AvgIpc) is 3.43. The highest BCUT2D eigenvalue weighted by atomic mass is 32.2. The summed E-state index contributed by atoms with van der Waals surface area (Å²) < 4.78 is 26.9. The maximum atomic E-state index is 12.7. The number of H-pyrrole nitrogens is 1. The number of benzene rings is 1. The summed E-state index contributed by atoms with van der Waals surface area (Å²) in [6.45, 7) is 2.01. The van der Waals surface area contributed by atoms with Crippen LogP contribution in [0.3, 0.4) is 0 Å². The molecule has 0 aliphatic carbocycles. The molecule has 0 saturated carbocycles. The molecule has 0 spiro atoms. The average molecular weight is 449 g/mol. The van der Waals surface area contributed by atoms with Gasteiger partial charge in [-0.25, -0.2) is 8.42 Å². The van der Waals surface area contributed by atoms with Crippen molar-refractivity contribution in [2.24, 2.45) is 0 Å². The van der Waals surface area contributed by atoms with Crippen LogP contribution >= 0.6 is 11.8 Å². The predicted molar refractivity (Wildman–Crippen MR) is 116 cm³/mol. The topological polar surface area (TPSA) is 103 Å². The van der Waals surface area contributed by atoms with E-state index in [0.717, 1.165) is 35.7 Å². The van der Waals surface area contributed by atoms with Crippen molar-refractivity contribution < 1.29 is 18.0 Å². The second kappa shape index (κ2) is 8.83. The Labute approximate surface area is 180 Å². The Morgan fingerprint density at radius 2 is 1.87 bits per heavy atom. The molecule has 0 atom stereocenters. The first kappa shape index (κ1) is 21.0. The summed E-state index contributed by atoms with van der Waals surface area (Å²) in [5, 5.41) is 2.79. The standard InChI is InChI=1S/C20H24N4O4S2/c25-19-2-1-7-24(19)16-5-3-15(4-6-16)13-22-20(26)18-12-17(14-21-18)30(27,28)23-8-10-29-11-9-23/h3-6,12,14,21H,1-2,7-11,13H2,(H,22,26). The number of aromatic amines is 1. The molecule has 2 aliphatic rings. The van der Waals surface area contributed by atoms with Crippen LogP contribution in [0.25, 0.3) is 0 Å². The maximum absolute atomic E-state index is 12.7. The van der Waals surface area contributed by atoms with Crippen LogP contribution in [0.4, 0.5) is 5.69 Å². The molecule has 2 saturated heterocycles. The van der Waals surface area contributed by atoms with Gasteiger partial charge in [0.15, 0.2) is 0 Å². The van der Waals surface area contributed by atoms with Crippen LogP contribution in [0.5, 0.6) is 0 Å². The Hall–Kier alpha value is -2.30. The van der Waals surface area contributed by atoms with Gasteiger partial charge in [-0.3, -0.25) is 9.59 Å². The number of carbonyl (C=O) groups excluding carboxylic acids is 2. The summed E-state index contributed by atoms with van der Waals surface area (Å²) in [7, 11) is -3.58. The first-order chi connectivity index (χ1) is 14.4. The number of hydrogen-bond acceptors (Lipinski definition) is 5. The fourth-order valence-corrected chi connectivity index (χ4v) is 6.15. The molecule has 2 fully saturated rings. The van der Waals surface area contributed by atoms with Gasteiger partial charge in [0.05, 0.1) is 0 Å². The third-order valence-electron chi connectivity index (χ3n) is 5.28. The zero-order valence-electron chi connectivity index (χ0n) is 16.5. The van der Waals surface area contributed by atoms with Crippen LogP contribution in [-0.2, 0) is 21.4 Å². The molecule has 30 heavy (non-hydrogen) atoms. The number of anilines is 1. The molecule has 1 aromatic carbocycles. The van der Waals surface area contributed by atoms with Gasteiger partial charge >= 0.3 is 0 Å². The molecule has 0 radical (unpaired) electrons. The van der Waals surface area contributed by atoms with Crippen LogP contribution in [0.2, 0.25) is 0 Å². The highest BCUT2D eigenvalue weighted by Gasteiger charge is 2.27. The number of sulfonamides is 1. The molecule has 2 aliphatic heterocycles. The van der Waals surface area contributed by atoms with Crippen LogP contribution in [-0.4, -0.2) is 60.7 Å². The van der Waals surface area contributed by atoms with Crippen LogP contribution in [0.15, 0.2) is 41.4 Å². The minimum absolute atomic E-state index is 0.110. The number of amides is 2. The van der Waals surface area contributed by atoms with E-state index in [2.05, 4.69) is 10.3 Å². The molecule has 3 heterocycles. The number of aromatic nitrogens is 1. The van der Waals surface area contributed by atoms with Gasteiger partial charge < -0.3 is 15.2 Å². The molecular formula is C20H24N4O4S2. The Kier molecular flexibility index (Phi) is 6.16. The smallest absolute Gasteiger partial charge is 0.268 e. The second-order valence-electron chi connectivity index (χ2n) is 7.26. The summed E-state index contributed by atoms with van der Waals surface area (Å²) in [6, 6.07) is 8.89. The van der Waals surface area contributed by atoms with Crippen LogP contribution in [0.1, 0.15) is 28.9 Å². The quantitative estimate of drug-likeness (QED) is 0.702. The lowest BCUT2D eigenvalue weighted by atomic mass is 10.2. The first-order valence-electron chi connectivity index (χ1n) is 9.89. The van der Waals surface area contributed by atoms with Crippen molar-refractivity contribution in [3.8, 4) is 0 Å². The molecule has 0 bridgehead atoms. The van der Waals surface area contributed by atoms with Crippen LogP contribution < -0.4 is 10.2 Å². The van der Waals surface area contributed by atoms with Crippen molar-refractivity contribution >= 4 is 39.3 Å². The van der Waals surface area contributed by atoms with Gasteiger partial charge in [0.1, 0.15) is 10.6 Å². The van der Waals surface area contributed by atoms with Gasteiger partial charge in [-0.2, -0.15) is 16.1 Å². The molecule has 8 nitrogen and oxygen atoms in total. The summed E-state index contributed by atoms with van der Waals surface area (Å²) in [4.78, 5) is 28.9. The van der Waals surface area contributed by atoms with Crippen molar-refractivity contribution in [2.75, 3.05) is 36.0 Å². The van der Waals surface area contributed by atoms with Crippen molar-refractivity contribution in [3.63, 3.8) is 0 Å². The summed E-state index contributed by atoms with van der Waals surface area (Å²) >= 11 is 1.74. The molecule has 1 aromatic heterocycles. The van der Waals surface area contributed by atoms with E-state index in [4.69, 9.17) is 0 Å². The van der Waals surface area contributed by atoms with E-state index in [1.807, 2.05) is 24.3 Å². The second-order valence-corrected chi connectivity index (χ2v) is 10.4. The Bertz CT molecular complexity index is 1030. The molecule has 2 aromatic rings. The zero-order valence-corrected chi connectivity index (χ0v) is 18.1. The normalized spacial score (nSPS) is 18.0. The third-order valence-corrected chi connectivity index (χ3v) is 8.10. The van der Waals surface area contributed by atoms with E-state index in [0.29, 0.717) is 26.1 Å². The van der Waals surface area contributed by atoms with Crippen LogP contribution in [0, 0.1) is 0 Å². The van der Waals surface area contributed by atoms with Crippen molar-refractivity contribution in [3.05, 3.63) is 47.8 Å². The van der Waals surface area contributed by atoms with E-state index in [1.54, 1.807) is 16.7 Å². The van der Waals surface area contributed by atoms with E-state index in [9.17, 15) is 18.0 Å². The molecule has 0 unspecified atom stereocenters. The number of thioether (sulfide) groups is 1. The SMILES string of the molecule is O=C(NCc1ccc(N2CCCC2=O)cc1)c1cc(S(=O)(=O)N2CCSCC2)c[nH]1. The molecule has 4 rings (SSSR count). The fourth-order valence-electron chi connectivity index (χ4n) is 3.58. The summed E-state index contributed by atoms with van der Waals surface area (Å²) in [6.07, 6.45) is 2.83. The Balaban J connectivity index is 1.36. The highest BCUT2D eigenvalue weighted by molar-refractivity contribution is 7.99. The van der Waals surface area contributed by atoms with Gasteiger partial charge in [0.2, 0.25) is 15.9 Å². The van der Waals surface area contributed by atoms with Gasteiger partial charge in [0, 0.05) is 56.0 Å². The zero-order chi connectivity index (χ0) is 21.1. The largest absolute Gasteiger partial charge is 0.356 e. The Morgan fingerprint density at radius 1 is 1.13 bits per heavy atom. The minimum Gasteiger partial charge on any atom is -0.356 e. The lowest BCUT2D eigenvalue weighted by molar-refractivity contribution is -0.117. The lowest BCUT2D eigenvalue weighted by Crippen LogP contribution is -2.37. The fraction of sp³-hybridized carbons (Fsp3) is 0.400. The maximum Gasteiger partial charge on any atom is 0.268 e. The van der Waals surface area contributed by atoms with Crippen molar-refractivity contribution in [1.29, 1.82) is 0 Å². The molecule has 160 valence electrons. The van der Waals surface area contributed by atoms with Gasteiger partial charge in [-0.1, -0.05) is 12.1 Å². The molecule has 2 amide bonds. The monoisotopic (exact) mass is 448 g/mol. The van der Waals surface area contributed by atoms with Gasteiger partial charge in [0.25, 0.3) is 5.91 Å². The minimum atomic E-state index is -3.58. The third kappa shape index (κ3) is 4.40. The first-order valence-corrected chi connectivity index (χ1v) is 12.5. The highest BCUT2D eigenvalue weighted by Crippen LogP contribution is 2.22. The number of hydrogen-bond donors (Lipinski definition) is 2. The van der Waals surface area contributed by atoms with Gasteiger partial charge in [-0.15, -0.1) is 0 Å². The van der Waals surface area contributed by atoms with Gasteiger partial charge in [-0.05, 0) is 30.2 Å². The van der Waals surface area contributed by atoms with Crippen molar-refractivity contribution in [2.45, 2.75) is 24.3 Å². The molecule has 2 N–H and O–H groups in total. The number of carbonyl (C=O) groups is 2. The van der Waals surface area contributed by atoms with Crippen molar-refractivity contribution in [1.82, 2.24) is 14.6 Å². The summed E-state index contributed by atoms with van der Waals surface area (Å²) in [5.41, 5.74) is 1.96. The molecular weight excluding hydrogens is 424 g/mol. The number of nitrogens with zero attached hydrogens (tertiary/aromatic N) is 2. The number of rotatable bonds is 6. The summed E-state index contributed by atoms with van der Waals surface area (Å²) in [5.74, 6) is 1.32. The van der Waals surface area contributed by atoms with E-state index >= 15 is 0 Å². The van der Waals surface area contributed by atoms with E-state index in [-0.39, 0.29) is 22.4 Å².